The van der Waals surface area contributed by atoms with E-state index in [1.807, 2.05) is 0 Å². The van der Waals surface area contributed by atoms with Gasteiger partial charge in [0.05, 0.1) is 5.75 Å². The number of piperidine rings is 1. The topological polar surface area (TPSA) is 83.5 Å². The van der Waals surface area contributed by atoms with Crippen LogP contribution < -0.4 is 5.32 Å². The predicted molar refractivity (Wildman–Crippen MR) is 56.5 cm³/mol. The fraction of sp³-hybridized carbons (Fsp3) is 0.889. The van der Waals surface area contributed by atoms with Crippen molar-refractivity contribution in [3.05, 3.63) is 0 Å². The van der Waals surface area contributed by atoms with Gasteiger partial charge in [0.25, 0.3) is 0 Å². The molecular weight excluding hydrogens is 218 g/mol. The lowest BCUT2D eigenvalue weighted by Gasteiger charge is -2.28. The number of carbonyl (C=O) groups is 1. The van der Waals surface area contributed by atoms with E-state index in [1.165, 1.54) is 6.26 Å². The van der Waals surface area contributed by atoms with Gasteiger partial charge in [0.2, 0.25) is 0 Å². The second kappa shape index (κ2) is 4.94. The van der Waals surface area contributed by atoms with E-state index in [0.29, 0.717) is 12.8 Å². The van der Waals surface area contributed by atoms with E-state index in [4.69, 9.17) is 5.11 Å². The van der Waals surface area contributed by atoms with Crippen molar-refractivity contribution in [3.63, 3.8) is 0 Å². The Morgan fingerprint density at radius 2 is 2.13 bits per heavy atom. The van der Waals surface area contributed by atoms with Gasteiger partial charge < -0.3 is 10.4 Å². The standard InChI is InChI=1S/C9H17NO4S/c1-15(13,14)6-5-7-3-2-4-8(10-7)9(11)12/h7-8,10H,2-6H2,1H3,(H,11,12). The fourth-order valence-electron chi connectivity index (χ4n) is 1.80. The Balaban J connectivity index is 2.40. The summed E-state index contributed by atoms with van der Waals surface area (Å²) in [5.41, 5.74) is 0. The molecular formula is C9H17NO4S. The Bertz CT molecular complexity index is 325. The van der Waals surface area contributed by atoms with Gasteiger partial charge in [0.15, 0.2) is 0 Å². The summed E-state index contributed by atoms with van der Waals surface area (Å²) in [6.45, 7) is 0. The molecule has 0 saturated carbocycles. The second-order valence-electron chi connectivity index (χ2n) is 4.10. The van der Waals surface area contributed by atoms with Crippen LogP contribution >= 0.6 is 0 Å². The maximum Gasteiger partial charge on any atom is 0.320 e. The molecule has 88 valence electrons. The minimum Gasteiger partial charge on any atom is -0.480 e. The van der Waals surface area contributed by atoms with E-state index in [2.05, 4.69) is 5.32 Å². The number of hydrogen-bond acceptors (Lipinski definition) is 4. The quantitative estimate of drug-likeness (QED) is 0.717. The molecule has 1 saturated heterocycles. The molecule has 0 radical (unpaired) electrons. The lowest BCUT2D eigenvalue weighted by atomic mass is 9.97. The third-order valence-corrected chi connectivity index (χ3v) is 3.59. The third kappa shape index (κ3) is 4.61. The molecule has 2 unspecified atom stereocenters. The van der Waals surface area contributed by atoms with Crippen molar-refractivity contribution < 1.29 is 18.3 Å². The highest BCUT2D eigenvalue weighted by Crippen LogP contribution is 2.15. The number of carboxylic acids is 1. The zero-order valence-corrected chi connectivity index (χ0v) is 9.59. The molecule has 0 aromatic carbocycles. The Kier molecular flexibility index (Phi) is 4.10. The van der Waals surface area contributed by atoms with Crippen LogP contribution in [-0.4, -0.2) is 43.6 Å². The van der Waals surface area contributed by atoms with Gasteiger partial charge in [-0.2, -0.15) is 0 Å². The van der Waals surface area contributed by atoms with Crippen LogP contribution in [0.2, 0.25) is 0 Å². The molecule has 6 heteroatoms. The van der Waals surface area contributed by atoms with Crippen molar-refractivity contribution in [2.45, 2.75) is 37.8 Å². The second-order valence-corrected chi connectivity index (χ2v) is 6.36. The summed E-state index contributed by atoms with van der Waals surface area (Å²) in [6.07, 6.45) is 4.04. The van der Waals surface area contributed by atoms with Crippen LogP contribution in [0.1, 0.15) is 25.7 Å². The van der Waals surface area contributed by atoms with Gasteiger partial charge in [-0.1, -0.05) is 0 Å². The monoisotopic (exact) mass is 235 g/mol. The van der Waals surface area contributed by atoms with E-state index >= 15 is 0 Å². The highest BCUT2D eigenvalue weighted by molar-refractivity contribution is 7.90. The molecule has 2 atom stereocenters. The summed E-state index contributed by atoms with van der Waals surface area (Å²) in [5, 5.41) is 11.8. The maximum atomic E-state index is 10.9. The molecule has 0 spiro atoms. The van der Waals surface area contributed by atoms with E-state index in [9.17, 15) is 13.2 Å². The molecule has 2 N–H and O–H groups in total. The van der Waals surface area contributed by atoms with Crippen molar-refractivity contribution >= 4 is 15.8 Å². The predicted octanol–water partition coefficient (Wildman–Crippen LogP) is 0.0164. The molecule has 1 aliphatic heterocycles. The zero-order valence-electron chi connectivity index (χ0n) is 8.77. The number of nitrogens with one attached hydrogen (secondary N) is 1. The fourth-order valence-corrected chi connectivity index (χ4v) is 2.51. The summed E-state index contributed by atoms with van der Waals surface area (Å²) in [4.78, 5) is 10.7. The summed E-state index contributed by atoms with van der Waals surface area (Å²) in [6, 6.07) is -0.488. The average molecular weight is 235 g/mol. The van der Waals surface area contributed by atoms with Crippen LogP contribution in [-0.2, 0) is 14.6 Å². The minimum atomic E-state index is -2.95. The average Bonchev–Trinajstić information content (AvgIpc) is 2.14. The van der Waals surface area contributed by atoms with Gasteiger partial charge in [-0.25, -0.2) is 8.42 Å². The van der Waals surface area contributed by atoms with Gasteiger partial charge in [-0.15, -0.1) is 0 Å². The van der Waals surface area contributed by atoms with Crippen LogP contribution in [0.5, 0.6) is 0 Å². The summed E-state index contributed by atoms with van der Waals surface area (Å²) < 4.78 is 21.9. The first-order chi connectivity index (χ1) is 6.88. The van der Waals surface area contributed by atoms with Crippen LogP contribution in [0.25, 0.3) is 0 Å². The highest BCUT2D eigenvalue weighted by atomic mass is 32.2. The first-order valence-electron chi connectivity index (χ1n) is 5.05. The van der Waals surface area contributed by atoms with Crippen molar-refractivity contribution in [1.29, 1.82) is 0 Å². The molecule has 0 aromatic rings. The Labute approximate surface area is 89.8 Å². The molecule has 0 aliphatic carbocycles. The lowest BCUT2D eigenvalue weighted by Crippen LogP contribution is -2.47. The largest absolute Gasteiger partial charge is 0.480 e. The van der Waals surface area contributed by atoms with Crippen LogP contribution in [0.4, 0.5) is 0 Å². The van der Waals surface area contributed by atoms with Gasteiger partial charge in [-0.05, 0) is 25.7 Å². The smallest absolute Gasteiger partial charge is 0.320 e. The first kappa shape index (κ1) is 12.4. The zero-order chi connectivity index (χ0) is 11.5. The van der Waals surface area contributed by atoms with Gasteiger partial charge in [-0.3, -0.25) is 4.79 Å². The number of carboxylic acid groups (broad SMARTS) is 1. The Hall–Kier alpha value is -0.620. The third-order valence-electron chi connectivity index (χ3n) is 2.62. The van der Waals surface area contributed by atoms with Crippen LogP contribution in [0, 0.1) is 0 Å². The molecule has 1 heterocycles. The number of rotatable bonds is 4. The lowest BCUT2D eigenvalue weighted by molar-refractivity contribution is -0.140. The normalized spacial score (nSPS) is 27.5. The van der Waals surface area contributed by atoms with E-state index in [1.54, 1.807) is 0 Å². The number of sulfone groups is 1. The van der Waals surface area contributed by atoms with E-state index < -0.39 is 21.8 Å². The van der Waals surface area contributed by atoms with Crippen LogP contribution in [0.15, 0.2) is 0 Å². The molecule has 1 fully saturated rings. The summed E-state index contributed by atoms with van der Waals surface area (Å²) in [7, 11) is -2.95. The molecule has 1 rings (SSSR count). The first-order valence-corrected chi connectivity index (χ1v) is 7.11. The summed E-state index contributed by atoms with van der Waals surface area (Å²) in [5.74, 6) is -0.726. The molecule has 0 aromatic heterocycles. The van der Waals surface area contributed by atoms with Gasteiger partial charge in [0, 0.05) is 12.3 Å². The van der Waals surface area contributed by atoms with Gasteiger partial charge >= 0.3 is 5.97 Å². The summed E-state index contributed by atoms with van der Waals surface area (Å²) >= 11 is 0. The van der Waals surface area contributed by atoms with Crippen molar-refractivity contribution in [2.24, 2.45) is 0 Å². The van der Waals surface area contributed by atoms with E-state index in [0.717, 1.165) is 12.8 Å². The molecule has 0 amide bonds. The van der Waals surface area contributed by atoms with Gasteiger partial charge in [0.1, 0.15) is 15.9 Å². The van der Waals surface area contributed by atoms with E-state index in [-0.39, 0.29) is 11.8 Å². The van der Waals surface area contributed by atoms with Crippen molar-refractivity contribution in [2.75, 3.05) is 12.0 Å². The Morgan fingerprint density at radius 1 is 1.47 bits per heavy atom. The van der Waals surface area contributed by atoms with Crippen molar-refractivity contribution in [3.8, 4) is 0 Å². The molecule has 1 aliphatic rings. The number of aliphatic carboxylic acids is 1. The molecule has 5 nitrogen and oxygen atoms in total. The molecule has 15 heavy (non-hydrogen) atoms. The SMILES string of the molecule is CS(=O)(=O)CCC1CCCC(C(=O)O)N1. The van der Waals surface area contributed by atoms with Crippen molar-refractivity contribution in [1.82, 2.24) is 5.32 Å². The minimum absolute atomic E-state index is 0.0228. The molecule has 0 bridgehead atoms. The van der Waals surface area contributed by atoms with Crippen LogP contribution in [0.3, 0.4) is 0 Å². The highest BCUT2D eigenvalue weighted by Gasteiger charge is 2.26. The Morgan fingerprint density at radius 3 is 2.67 bits per heavy atom. The maximum absolute atomic E-state index is 10.9. The number of hydrogen-bond donors (Lipinski definition) is 2.